The number of nitrogens with zero attached hydrogens (tertiary/aromatic N) is 1. The minimum Gasteiger partial charge on any atom is -0.551 e. The lowest BCUT2D eigenvalue weighted by Gasteiger charge is -2.33. The van der Waals surface area contributed by atoms with Crippen molar-refractivity contribution in [3.63, 3.8) is 0 Å². The SMILES string of the molecule is c1ccc(-c2ccc(-c3cc4c5c(c3)-c3ccccc3OB5c3cc(-c5ccc(-n6c7ccccc7c7ccccc76)cc5)ccc3O4)cc2)cc1. The van der Waals surface area contributed by atoms with Crippen LogP contribution >= 0.6 is 0 Å². The van der Waals surface area contributed by atoms with Gasteiger partial charge in [-0.2, -0.15) is 0 Å². The van der Waals surface area contributed by atoms with Crippen molar-refractivity contribution in [2.45, 2.75) is 0 Å². The maximum absolute atomic E-state index is 6.83. The summed E-state index contributed by atoms with van der Waals surface area (Å²) in [7, 11) is 0. The van der Waals surface area contributed by atoms with Crippen LogP contribution in [-0.2, 0) is 0 Å². The Morgan fingerprint density at radius 3 is 1.71 bits per heavy atom. The topological polar surface area (TPSA) is 23.4 Å². The number of para-hydroxylation sites is 3. The Labute approximate surface area is 302 Å². The molecule has 0 fully saturated rings. The lowest BCUT2D eigenvalue weighted by molar-refractivity contribution is 0.479. The van der Waals surface area contributed by atoms with Crippen molar-refractivity contribution in [3.8, 4) is 67.4 Å². The molecular weight excluding hydrogens is 633 g/mol. The smallest absolute Gasteiger partial charge is 0.434 e. The monoisotopic (exact) mass is 663 g/mol. The van der Waals surface area contributed by atoms with Gasteiger partial charge in [0.05, 0.1) is 11.0 Å². The molecular formula is C48H30BNO2. The number of ether oxygens (including phenoxy) is 1. The molecule has 0 bridgehead atoms. The van der Waals surface area contributed by atoms with Crippen molar-refractivity contribution >= 4 is 39.6 Å². The van der Waals surface area contributed by atoms with Crippen LogP contribution < -0.4 is 20.3 Å². The van der Waals surface area contributed by atoms with Crippen LogP contribution in [0.3, 0.4) is 0 Å². The molecule has 2 aliphatic rings. The fourth-order valence-corrected chi connectivity index (χ4v) is 8.20. The van der Waals surface area contributed by atoms with Crippen molar-refractivity contribution < 1.29 is 9.39 Å². The van der Waals surface area contributed by atoms with Crippen molar-refractivity contribution in [1.82, 2.24) is 4.57 Å². The summed E-state index contributed by atoms with van der Waals surface area (Å²) in [5.41, 5.74) is 14.8. The van der Waals surface area contributed by atoms with Crippen LogP contribution in [0.1, 0.15) is 0 Å². The van der Waals surface area contributed by atoms with Gasteiger partial charge in [0, 0.05) is 32.9 Å². The zero-order valence-corrected chi connectivity index (χ0v) is 28.2. The highest BCUT2D eigenvalue weighted by Crippen LogP contribution is 2.42. The van der Waals surface area contributed by atoms with Crippen molar-refractivity contribution in [2.24, 2.45) is 0 Å². The molecule has 11 rings (SSSR count). The maximum Gasteiger partial charge on any atom is 0.434 e. The van der Waals surface area contributed by atoms with Gasteiger partial charge >= 0.3 is 6.92 Å². The van der Waals surface area contributed by atoms with Crippen molar-refractivity contribution in [2.75, 3.05) is 0 Å². The molecule has 52 heavy (non-hydrogen) atoms. The summed E-state index contributed by atoms with van der Waals surface area (Å²) in [4.78, 5) is 0. The minimum atomic E-state index is -0.282. The molecule has 0 spiro atoms. The normalized spacial score (nSPS) is 12.5. The fraction of sp³-hybridized carbons (Fsp3) is 0. The summed E-state index contributed by atoms with van der Waals surface area (Å²) in [5.74, 6) is 2.55. The molecule has 9 aromatic rings. The van der Waals surface area contributed by atoms with Gasteiger partial charge in [0.15, 0.2) is 0 Å². The summed E-state index contributed by atoms with van der Waals surface area (Å²) < 4.78 is 15.9. The van der Waals surface area contributed by atoms with E-state index < -0.39 is 0 Å². The molecule has 242 valence electrons. The number of fused-ring (bicyclic) bond motifs is 7. The Morgan fingerprint density at radius 2 is 0.962 bits per heavy atom. The van der Waals surface area contributed by atoms with E-state index >= 15 is 0 Å². The molecule has 0 N–H and O–H groups in total. The molecule has 0 saturated carbocycles. The van der Waals surface area contributed by atoms with Crippen LogP contribution in [0.4, 0.5) is 0 Å². The summed E-state index contributed by atoms with van der Waals surface area (Å²) in [6.45, 7) is -0.282. The highest BCUT2D eigenvalue weighted by atomic mass is 16.5. The van der Waals surface area contributed by atoms with Gasteiger partial charge in [-0.3, -0.25) is 0 Å². The molecule has 8 aromatic carbocycles. The van der Waals surface area contributed by atoms with Gasteiger partial charge in [-0.25, -0.2) is 0 Å². The van der Waals surface area contributed by atoms with E-state index in [4.69, 9.17) is 9.39 Å². The first-order chi connectivity index (χ1) is 25.8. The first-order valence-corrected chi connectivity index (χ1v) is 17.8. The Balaban J connectivity index is 0.979. The minimum absolute atomic E-state index is 0.282. The number of rotatable bonds is 4. The van der Waals surface area contributed by atoms with Crippen LogP contribution in [-0.4, -0.2) is 11.5 Å². The molecule has 0 aliphatic carbocycles. The highest BCUT2D eigenvalue weighted by Gasteiger charge is 2.41. The Bertz CT molecular complexity index is 2780. The second-order valence-electron chi connectivity index (χ2n) is 13.6. The molecule has 3 nitrogen and oxygen atoms in total. The van der Waals surface area contributed by atoms with E-state index in [1.807, 2.05) is 6.07 Å². The van der Waals surface area contributed by atoms with E-state index in [-0.39, 0.29) is 6.92 Å². The zero-order valence-electron chi connectivity index (χ0n) is 28.2. The van der Waals surface area contributed by atoms with Gasteiger partial charge in [0.2, 0.25) is 0 Å². The summed E-state index contributed by atoms with van der Waals surface area (Å²) in [6, 6.07) is 64.8. The largest absolute Gasteiger partial charge is 0.551 e. The third-order valence-corrected chi connectivity index (χ3v) is 10.7. The summed E-state index contributed by atoms with van der Waals surface area (Å²) in [6.07, 6.45) is 0. The van der Waals surface area contributed by atoms with E-state index in [0.717, 1.165) is 67.2 Å². The van der Waals surface area contributed by atoms with Gasteiger partial charge in [-0.1, -0.05) is 133 Å². The average molecular weight is 664 g/mol. The third kappa shape index (κ3) is 4.48. The maximum atomic E-state index is 6.83. The lowest BCUT2D eigenvalue weighted by atomic mass is 9.50. The van der Waals surface area contributed by atoms with Crippen LogP contribution in [0.15, 0.2) is 182 Å². The van der Waals surface area contributed by atoms with Crippen LogP contribution in [0, 0.1) is 0 Å². The third-order valence-electron chi connectivity index (χ3n) is 10.7. The standard InChI is InChI=1S/C48H30BNO2/c1-2-10-31(11-3-1)32-18-20-34(21-19-32)36-28-41-40-14-6-9-17-45(40)52-49-42-29-35(24-27-46(42)51-47(30-36)48(41)49)33-22-25-37(26-23-33)50-43-15-7-4-12-38(43)39-13-5-8-16-44(39)50/h1-30H. The Kier molecular flexibility index (Phi) is 6.35. The first-order valence-electron chi connectivity index (χ1n) is 17.8. The molecule has 2 aliphatic heterocycles. The number of aromatic nitrogens is 1. The molecule has 0 radical (unpaired) electrons. The highest BCUT2D eigenvalue weighted by molar-refractivity contribution is 6.84. The van der Waals surface area contributed by atoms with Crippen molar-refractivity contribution in [1.29, 1.82) is 0 Å². The van der Waals surface area contributed by atoms with E-state index in [0.29, 0.717) is 0 Å². The fourth-order valence-electron chi connectivity index (χ4n) is 8.20. The van der Waals surface area contributed by atoms with Gasteiger partial charge in [0.25, 0.3) is 0 Å². The number of benzene rings is 8. The van der Waals surface area contributed by atoms with Crippen LogP contribution in [0.5, 0.6) is 17.2 Å². The van der Waals surface area contributed by atoms with E-state index in [1.165, 1.54) is 32.9 Å². The molecule has 0 unspecified atom stereocenters. The number of hydrogen-bond donors (Lipinski definition) is 0. The Morgan fingerprint density at radius 1 is 0.385 bits per heavy atom. The number of hydrogen-bond acceptors (Lipinski definition) is 2. The quantitative estimate of drug-likeness (QED) is 0.175. The average Bonchev–Trinajstić information content (AvgIpc) is 3.55. The zero-order chi connectivity index (χ0) is 34.2. The molecule has 0 amide bonds. The van der Waals surface area contributed by atoms with E-state index in [1.54, 1.807) is 0 Å². The molecule has 1 aromatic heterocycles. The first kappa shape index (κ1) is 29.0. The van der Waals surface area contributed by atoms with Crippen LogP contribution in [0.25, 0.3) is 72.0 Å². The van der Waals surface area contributed by atoms with Gasteiger partial charge in [-0.15, -0.1) is 0 Å². The summed E-state index contributed by atoms with van der Waals surface area (Å²) in [5, 5.41) is 2.53. The molecule has 0 saturated heterocycles. The van der Waals surface area contributed by atoms with Gasteiger partial charge in [-0.05, 0) is 87.5 Å². The van der Waals surface area contributed by atoms with Crippen LogP contribution in [0.2, 0.25) is 0 Å². The second kappa shape index (κ2) is 11.4. The van der Waals surface area contributed by atoms with E-state index in [2.05, 4.69) is 180 Å². The lowest BCUT2D eigenvalue weighted by Crippen LogP contribution is -2.53. The van der Waals surface area contributed by atoms with Crippen molar-refractivity contribution in [3.05, 3.63) is 182 Å². The Hall–Kier alpha value is -6.78. The van der Waals surface area contributed by atoms with Gasteiger partial charge in [0.1, 0.15) is 17.2 Å². The molecule has 4 heteroatoms. The van der Waals surface area contributed by atoms with E-state index in [9.17, 15) is 0 Å². The predicted molar refractivity (Wildman–Crippen MR) is 215 cm³/mol. The molecule has 3 heterocycles. The van der Waals surface area contributed by atoms with Gasteiger partial charge < -0.3 is 14.0 Å². The second-order valence-corrected chi connectivity index (χ2v) is 13.6. The molecule has 0 atom stereocenters. The summed E-state index contributed by atoms with van der Waals surface area (Å²) >= 11 is 0. The predicted octanol–water partition coefficient (Wildman–Crippen LogP) is 11.1.